The zero-order valence-electron chi connectivity index (χ0n) is 15.0. The van der Waals surface area contributed by atoms with E-state index < -0.39 is 8.32 Å². The molecule has 0 unspecified atom stereocenters. The summed E-state index contributed by atoms with van der Waals surface area (Å²) in [6.07, 6.45) is 1.35. The molecule has 3 aromatic rings. The Hall–Kier alpha value is -2.48. The highest BCUT2D eigenvalue weighted by molar-refractivity contribution is 6.74. The predicted octanol–water partition coefficient (Wildman–Crippen LogP) is 4.13. The van der Waals surface area contributed by atoms with Crippen molar-refractivity contribution in [1.29, 1.82) is 0 Å². The standard InChI is InChI=1S/C17H22FN5OSi/c1-17(2,3)25(4,5)24-12-7-10(6-11(18)8-12)14-13-15(19)20-9-21-16(13)23-22-14/h6-9H,1-5H3,(H3,19,20,21,22,23). The molecule has 1 aromatic carbocycles. The highest BCUT2D eigenvalue weighted by atomic mass is 28.4. The van der Waals surface area contributed by atoms with Crippen LogP contribution in [0.4, 0.5) is 10.2 Å². The summed E-state index contributed by atoms with van der Waals surface area (Å²) >= 11 is 0. The number of aromatic nitrogens is 4. The largest absolute Gasteiger partial charge is 0.543 e. The SMILES string of the molecule is CC(C)(C)[Si](C)(C)Oc1cc(F)cc(-c2[nH]nc3ncnc(N)c23)c1. The maximum atomic E-state index is 14.2. The molecule has 0 aliphatic carbocycles. The van der Waals surface area contributed by atoms with E-state index in [0.717, 1.165) is 0 Å². The van der Waals surface area contributed by atoms with E-state index >= 15 is 0 Å². The van der Waals surface area contributed by atoms with Gasteiger partial charge in [-0.15, -0.1) is 0 Å². The first-order valence-electron chi connectivity index (χ1n) is 8.03. The van der Waals surface area contributed by atoms with Gasteiger partial charge in [-0.1, -0.05) is 20.8 Å². The molecule has 0 spiro atoms. The summed E-state index contributed by atoms with van der Waals surface area (Å²) in [5.74, 6) is 0.411. The molecule has 2 aromatic heterocycles. The van der Waals surface area contributed by atoms with Crippen LogP contribution in [0.3, 0.4) is 0 Å². The highest BCUT2D eigenvalue weighted by Gasteiger charge is 2.39. The first-order chi connectivity index (χ1) is 11.6. The summed E-state index contributed by atoms with van der Waals surface area (Å²) in [5, 5.41) is 7.58. The van der Waals surface area contributed by atoms with E-state index in [9.17, 15) is 4.39 Å². The van der Waals surface area contributed by atoms with E-state index in [0.29, 0.717) is 33.9 Å². The van der Waals surface area contributed by atoms with Crippen molar-refractivity contribution >= 4 is 25.2 Å². The minimum Gasteiger partial charge on any atom is -0.543 e. The van der Waals surface area contributed by atoms with Crippen LogP contribution in [0, 0.1) is 5.82 Å². The van der Waals surface area contributed by atoms with Gasteiger partial charge >= 0.3 is 0 Å². The summed E-state index contributed by atoms with van der Waals surface area (Å²) in [6, 6.07) is 4.61. The molecule has 0 saturated heterocycles. The van der Waals surface area contributed by atoms with Gasteiger partial charge in [0.25, 0.3) is 0 Å². The van der Waals surface area contributed by atoms with Crippen molar-refractivity contribution in [2.24, 2.45) is 0 Å². The summed E-state index contributed by atoms with van der Waals surface area (Å²) < 4.78 is 20.5. The molecule has 0 radical (unpaired) electrons. The molecule has 0 saturated carbocycles. The second kappa shape index (κ2) is 5.80. The molecule has 6 nitrogen and oxygen atoms in total. The van der Waals surface area contributed by atoms with Crippen molar-refractivity contribution in [2.45, 2.75) is 38.9 Å². The first kappa shape index (κ1) is 17.3. The Balaban J connectivity index is 2.08. The Labute approximate surface area is 146 Å². The summed E-state index contributed by atoms with van der Waals surface area (Å²) in [5.41, 5.74) is 7.56. The molecule has 3 rings (SSSR count). The number of anilines is 1. The number of halogens is 1. The number of fused-ring (bicyclic) bond motifs is 1. The first-order valence-corrected chi connectivity index (χ1v) is 10.9. The van der Waals surface area contributed by atoms with Crippen molar-refractivity contribution in [3.63, 3.8) is 0 Å². The van der Waals surface area contributed by atoms with Gasteiger partial charge in [0.2, 0.25) is 8.32 Å². The van der Waals surface area contributed by atoms with Crippen LogP contribution in [0.1, 0.15) is 20.8 Å². The van der Waals surface area contributed by atoms with Gasteiger partial charge in [0.15, 0.2) is 5.65 Å². The molecule has 132 valence electrons. The highest BCUT2D eigenvalue weighted by Crippen LogP contribution is 2.39. The van der Waals surface area contributed by atoms with Gasteiger partial charge in [-0.2, -0.15) is 5.10 Å². The second-order valence-electron chi connectivity index (χ2n) is 7.59. The van der Waals surface area contributed by atoms with Crippen LogP contribution in [-0.2, 0) is 0 Å². The van der Waals surface area contributed by atoms with E-state index in [-0.39, 0.29) is 10.9 Å². The molecule has 3 N–H and O–H groups in total. The number of aromatic amines is 1. The molecule has 8 heteroatoms. The smallest absolute Gasteiger partial charge is 0.250 e. The molecule has 0 aliphatic heterocycles. The number of hydrogen-bond donors (Lipinski definition) is 2. The normalized spacial score (nSPS) is 12.6. The quantitative estimate of drug-likeness (QED) is 0.686. The Morgan fingerprint density at radius 1 is 1.16 bits per heavy atom. The van der Waals surface area contributed by atoms with Gasteiger partial charge in [-0.05, 0) is 30.3 Å². The molecule has 0 bridgehead atoms. The Bertz CT molecular complexity index is 932. The fraction of sp³-hybridized carbons (Fsp3) is 0.353. The zero-order chi connectivity index (χ0) is 18.4. The van der Waals surface area contributed by atoms with Crippen LogP contribution in [0.5, 0.6) is 5.75 Å². The van der Waals surface area contributed by atoms with Gasteiger partial charge in [-0.3, -0.25) is 5.10 Å². The van der Waals surface area contributed by atoms with E-state index in [1.165, 1.54) is 18.5 Å². The molecule has 2 heterocycles. The summed E-state index contributed by atoms with van der Waals surface area (Å²) in [6.45, 7) is 10.7. The molecular weight excluding hydrogens is 337 g/mol. The fourth-order valence-corrected chi connectivity index (χ4v) is 3.31. The number of nitrogens with two attached hydrogens (primary N) is 1. The van der Waals surface area contributed by atoms with E-state index in [2.05, 4.69) is 54.0 Å². The lowest BCUT2D eigenvalue weighted by molar-refractivity contribution is 0.487. The van der Waals surface area contributed by atoms with Gasteiger partial charge in [0, 0.05) is 11.6 Å². The number of H-pyrrole nitrogens is 1. The number of nitrogen functional groups attached to an aromatic ring is 1. The average molecular weight is 359 g/mol. The molecular formula is C17H22FN5OSi. The third-order valence-corrected chi connectivity index (χ3v) is 9.08. The van der Waals surface area contributed by atoms with Crippen molar-refractivity contribution in [1.82, 2.24) is 20.2 Å². The minimum absolute atomic E-state index is 0.0123. The van der Waals surface area contributed by atoms with Crippen LogP contribution in [0.2, 0.25) is 18.1 Å². The predicted molar refractivity (Wildman–Crippen MR) is 99.3 cm³/mol. The zero-order valence-corrected chi connectivity index (χ0v) is 16.0. The van der Waals surface area contributed by atoms with Crippen molar-refractivity contribution < 1.29 is 8.82 Å². The van der Waals surface area contributed by atoms with Crippen LogP contribution in [-0.4, -0.2) is 28.5 Å². The molecule has 0 fully saturated rings. The lowest BCUT2D eigenvalue weighted by Gasteiger charge is -2.36. The second-order valence-corrected chi connectivity index (χ2v) is 12.3. The third-order valence-electron chi connectivity index (χ3n) is 4.72. The average Bonchev–Trinajstić information content (AvgIpc) is 2.90. The molecule has 0 aliphatic rings. The van der Waals surface area contributed by atoms with Crippen LogP contribution < -0.4 is 10.2 Å². The molecule has 25 heavy (non-hydrogen) atoms. The number of hydrogen-bond acceptors (Lipinski definition) is 5. The maximum absolute atomic E-state index is 14.2. The summed E-state index contributed by atoms with van der Waals surface area (Å²) in [4.78, 5) is 8.06. The topological polar surface area (TPSA) is 89.7 Å². The van der Waals surface area contributed by atoms with E-state index in [1.54, 1.807) is 6.07 Å². The Morgan fingerprint density at radius 3 is 2.56 bits per heavy atom. The molecule has 0 amide bonds. The lowest BCUT2D eigenvalue weighted by Crippen LogP contribution is -2.43. The van der Waals surface area contributed by atoms with E-state index in [1.807, 2.05) is 0 Å². The fourth-order valence-electron chi connectivity index (χ4n) is 2.30. The minimum atomic E-state index is -2.08. The maximum Gasteiger partial charge on any atom is 0.250 e. The van der Waals surface area contributed by atoms with Gasteiger partial charge in [0.05, 0.1) is 11.1 Å². The Kier molecular flexibility index (Phi) is 4.02. The van der Waals surface area contributed by atoms with Crippen molar-refractivity contribution in [3.05, 3.63) is 30.3 Å². The number of benzene rings is 1. The van der Waals surface area contributed by atoms with Crippen LogP contribution in [0.25, 0.3) is 22.3 Å². The number of rotatable bonds is 3. The van der Waals surface area contributed by atoms with Crippen LogP contribution >= 0.6 is 0 Å². The Morgan fingerprint density at radius 2 is 1.88 bits per heavy atom. The number of nitrogens with one attached hydrogen (secondary N) is 1. The summed E-state index contributed by atoms with van der Waals surface area (Å²) in [7, 11) is -2.08. The van der Waals surface area contributed by atoms with Crippen molar-refractivity contribution in [3.8, 4) is 17.0 Å². The van der Waals surface area contributed by atoms with Gasteiger partial charge in [-0.25, -0.2) is 14.4 Å². The van der Waals surface area contributed by atoms with Crippen LogP contribution in [0.15, 0.2) is 24.5 Å². The van der Waals surface area contributed by atoms with Crippen molar-refractivity contribution in [2.75, 3.05) is 5.73 Å². The molecule has 0 atom stereocenters. The van der Waals surface area contributed by atoms with Gasteiger partial charge < -0.3 is 10.2 Å². The lowest BCUT2D eigenvalue weighted by atomic mass is 10.1. The monoisotopic (exact) mass is 359 g/mol. The third kappa shape index (κ3) is 3.21. The number of nitrogens with zero attached hydrogens (tertiary/aromatic N) is 3. The van der Waals surface area contributed by atoms with E-state index in [4.69, 9.17) is 10.2 Å². The van der Waals surface area contributed by atoms with Gasteiger partial charge in [0.1, 0.15) is 23.7 Å².